The van der Waals surface area contributed by atoms with Gasteiger partial charge in [0.2, 0.25) is 10.0 Å². The second-order valence-electron chi connectivity index (χ2n) is 4.00. The number of fused-ring (bicyclic) bond motifs is 1. The number of aromatic nitrogens is 1. The average molecular weight is 226 g/mol. The molecule has 2 heterocycles. The van der Waals surface area contributed by atoms with E-state index in [9.17, 15) is 8.42 Å². The lowest BCUT2D eigenvalue weighted by atomic mass is 10.2. The summed E-state index contributed by atoms with van der Waals surface area (Å²) >= 11 is 0. The Balaban J connectivity index is 2.45. The topological polar surface area (TPSA) is 50.3 Å². The summed E-state index contributed by atoms with van der Waals surface area (Å²) in [6.45, 7) is 4.16. The Hall–Kier alpha value is -0.940. The van der Waals surface area contributed by atoms with Gasteiger partial charge >= 0.3 is 0 Å². The minimum Gasteiger partial charge on any atom is -0.260 e. The molecule has 0 amide bonds. The molecule has 0 radical (unpaired) electrons. The quantitative estimate of drug-likeness (QED) is 0.721. The summed E-state index contributed by atoms with van der Waals surface area (Å²) in [5, 5.41) is 0. The summed E-state index contributed by atoms with van der Waals surface area (Å²) in [5.41, 5.74) is 1.70. The van der Waals surface area contributed by atoms with Gasteiger partial charge in [-0.25, -0.2) is 8.42 Å². The standard InChI is InChI=1S/C10H14N2O2S/c1-8(2)12-6-10-9(4-3-5-11-10)7-15(12,13)14/h3-5,8H,6-7H2,1-2H3. The van der Waals surface area contributed by atoms with Crippen molar-refractivity contribution in [2.75, 3.05) is 0 Å². The molecule has 1 aliphatic heterocycles. The summed E-state index contributed by atoms with van der Waals surface area (Å²) in [6, 6.07) is 3.60. The van der Waals surface area contributed by atoms with Crippen LogP contribution in [-0.2, 0) is 22.3 Å². The van der Waals surface area contributed by atoms with Gasteiger partial charge in [0.25, 0.3) is 0 Å². The fraction of sp³-hybridized carbons (Fsp3) is 0.500. The lowest BCUT2D eigenvalue weighted by molar-refractivity contribution is 0.336. The number of pyridine rings is 1. The minimum atomic E-state index is -3.14. The third-order valence-electron chi connectivity index (χ3n) is 2.56. The monoisotopic (exact) mass is 226 g/mol. The van der Waals surface area contributed by atoms with Crippen molar-refractivity contribution in [2.24, 2.45) is 0 Å². The molecule has 0 saturated carbocycles. The highest BCUT2D eigenvalue weighted by molar-refractivity contribution is 7.88. The minimum absolute atomic E-state index is 0.00911. The Morgan fingerprint density at radius 2 is 2.20 bits per heavy atom. The van der Waals surface area contributed by atoms with Crippen molar-refractivity contribution in [1.29, 1.82) is 0 Å². The van der Waals surface area contributed by atoms with Crippen LogP contribution in [-0.4, -0.2) is 23.7 Å². The third-order valence-corrected chi connectivity index (χ3v) is 4.50. The second-order valence-corrected chi connectivity index (χ2v) is 5.93. The first-order valence-corrected chi connectivity index (χ1v) is 6.54. The molecule has 1 aromatic rings. The molecule has 0 atom stereocenters. The van der Waals surface area contributed by atoms with Crippen LogP contribution in [0.1, 0.15) is 25.1 Å². The summed E-state index contributed by atoms with van der Waals surface area (Å²) in [7, 11) is -3.14. The molecule has 15 heavy (non-hydrogen) atoms. The molecule has 0 unspecified atom stereocenters. The van der Waals surface area contributed by atoms with Gasteiger partial charge in [-0.15, -0.1) is 0 Å². The Kier molecular flexibility index (Phi) is 2.52. The van der Waals surface area contributed by atoms with E-state index in [0.717, 1.165) is 11.3 Å². The molecule has 0 saturated heterocycles. The second kappa shape index (κ2) is 3.57. The van der Waals surface area contributed by atoms with Crippen LogP contribution < -0.4 is 0 Å². The summed E-state index contributed by atoms with van der Waals surface area (Å²) in [6.07, 6.45) is 1.70. The highest BCUT2D eigenvalue weighted by Crippen LogP contribution is 2.24. The van der Waals surface area contributed by atoms with Crippen LogP contribution in [0.4, 0.5) is 0 Å². The predicted octanol–water partition coefficient (Wildman–Crippen LogP) is 1.14. The number of sulfonamides is 1. The van der Waals surface area contributed by atoms with E-state index in [1.807, 2.05) is 19.9 Å². The van der Waals surface area contributed by atoms with Gasteiger partial charge in [-0.2, -0.15) is 4.31 Å². The lowest BCUT2D eigenvalue weighted by Crippen LogP contribution is -2.40. The number of rotatable bonds is 1. The molecule has 0 fully saturated rings. The van der Waals surface area contributed by atoms with Crippen LogP contribution in [0, 0.1) is 0 Å². The predicted molar refractivity (Wildman–Crippen MR) is 57.5 cm³/mol. The Labute approximate surface area is 90.0 Å². The molecule has 0 bridgehead atoms. The SMILES string of the molecule is CC(C)N1Cc2ncccc2CS1(=O)=O. The van der Waals surface area contributed by atoms with Gasteiger partial charge in [-0.05, 0) is 25.5 Å². The van der Waals surface area contributed by atoms with Crippen molar-refractivity contribution in [2.45, 2.75) is 32.2 Å². The largest absolute Gasteiger partial charge is 0.260 e. The van der Waals surface area contributed by atoms with E-state index in [0.29, 0.717) is 6.54 Å². The molecule has 2 rings (SSSR count). The lowest BCUT2D eigenvalue weighted by Gasteiger charge is -2.30. The van der Waals surface area contributed by atoms with E-state index in [1.165, 1.54) is 4.31 Å². The van der Waals surface area contributed by atoms with Gasteiger partial charge in [-0.3, -0.25) is 4.98 Å². The van der Waals surface area contributed by atoms with E-state index in [1.54, 1.807) is 12.3 Å². The van der Waals surface area contributed by atoms with Gasteiger partial charge in [-0.1, -0.05) is 6.07 Å². The van der Waals surface area contributed by atoms with Crippen LogP contribution in [0.2, 0.25) is 0 Å². The molecular formula is C10H14N2O2S. The zero-order chi connectivity index (χ0) is 11.1. The van der Waals surface area contributed by atoms with E-state index in [4.69, 9.17) is 0 Å². The van der Waals surface area contributed by atoms with Gasteiger partial charge < -0.3 is 0 Å². The molecule has 5 heteroatoms. The molecular weight excluding hydrogens is 212 g/mol. The fourth-order valence-electron chi connectivity index (χ4n) is 1.77. The van der Waals surface area contributed by atoms with E-state index >= 15 is 0 Å². The van der Waals surface area contributed by atoms with Gasteiger partial charge in [0.15, 0.2) is 0 Å². The Morgan fingerprint density at radius 1 is 1.47 bits per heavy atom. The maximum Gasteiger partial charge on any atom is 0.218 e. The molecule has 4 nitrogen and oxygen atoms in total. The fourth-order valence-corrected chi connectivity index (χ4v) is 3.56. The molecule has 0 aromatic carbocycles. The van der Waals surface area contributed by atoms with Crippen molar-refractivity contribution in [3.8, 4) is 0 Å². The van der Waals surface area contributed by atoms with Crippen LogP contribution in [0.15, 0.2) is 18.3 Å². The van der Waals surface area contributed by atoms with Crippen LogP contribution >= 0.6 is 0 Å². The number of nitrogens with zero attached hydrogens (tertiary/aromatic N) is 2. The average Bonchev–Trinajstić information content (AvgIpc) is 2.14. The first kappa shape index (κ1) is 10.6. The maximum atomic E-state index is 11.9. The Morgan fingerprint density at radius 3 is 2.87 bits per heavy atom. The summed E-state index contributed by atoms with van der Waals surface area (Å²) < 4.78 is 25.3. The molecule has 1 aromatic heterocycles. The van der Waals surface area contributed by atoms with Crippen molar-refractivity contribution >= 4 is 10.0 Å². The normalized spacial score (nSPS) is 20.2. The maximum absolute atomic E-state index is 11.9. The summed E-state index contributed by atoms with van der Waals surface area (Å²) in [5.74, 6) is 0.0777. The van der Waals surface area contributed by atoms with Crippen LogP contribution in [0.25, 0.3) is 0 Å². The molecule has 0 spiro atoms. The zero-order valence-electron chi connectivity index (χ0n) is 8.84. The summed E-state index contributed by atoms with van der Waals surface area (Å²) in [4.78, 5) is 4.21. The molecule has 82 valence electrons. The Bertz CT molecular complexity index is 468. The van der Waals surface area contributed by atoms with Crippen molar-refractivity contribution in [3.05, 3.63) is 29.6 Å². The zero-order valence-corrected chi connectivity index (χ0v) is 9.66. The molecule has 1 aliphatic rings. The van der Waals surface area contributed by atoms with Crippen LogP contribution in [0.3, 0.4) is 0 Å². The third kappa shape index (κ3) is 1.89. The first-order chi connectivity index (χ1) is 7.00. The van der Waals surface area contributed by atoms with E-state index in [2.05, 4.69) is 4.98 Å². The number of hydrogen-bond acceptors (Lipinski definition) is 3. The van der Waals surface area contributed by atoms with E-state index < -0.39 is 10.0 Å². The van der Waals surface area contributed by atoms with Gasteiger partial charge in [0, 0.05) is 12.2 Å². The van der Waals surface area contributed by atoms with Crippen molar-refractivity contribution < 1.29 is 8.42 Å². The highest BCUT2D eigenvalue weighted by Gasteiger charge is 2.31. The van der Waals surface area contributed by atoms with Gasteiger partial charge in [0.1, 0.15) is 0 Å². The smallest absolute Gasteiger partial charge is 0.218 e. The molecule has 0 N–H and O–H groups in total. The first-order valence-electron chi connectivity index (χ1n) is 4.93. The van der Waals surface area contributed by atoms with Crippen LogP contribution in [0.5, 0.6) is 0 Å². The van der Waals surface area contributed by atoms with Gasteiger partial charge in [0.05, 0.1) is 18.0 Å². The number of hydrogen-bond donors (Lipinski definition) is 0. The van der Waals surface area contributed by atoms with Crippen molar-refractivity contribution in [3.63, 3.8) is 0 Å². The van der Waals surface area contributed by atoms with Crippen molar-refractivity contribution in [1.82, 2.24) is 9.29 Å². The highest BCUT2D eigenvalue weighted by atomic mass is 32.2. The molecule has 0 aliphatic carbocycles. The van der Waals surface area contributed by atoms with E-state index in [-0.39, 0.29) is 11.8 Å².